The first-order chi connectivity index (χ1) is 10.3. The zero-order valence-electron chi connectivity index (χ0n) is 12.3. The maximum atomic E-state index is 8.77. The summed E-state index contributed by atoms with van der Waals surface area (Å²) in [6.07, 6.45) is 4.76. The second-order valence-corrected chi connectivity index (χ2v) is 5.40. The molecule has 3 rings (SSSR count). The first-order valence-electron chi connectivity index (χ1n) is 7.46. The Balaban J connectivity index is 1.63. The van der Waals surface area contributed by atoms with Crippen LogP contribution in [0.5, 0.6) is 5.75 Å². The number of hydrogen-bond acceptors (Lipinski definition) is 3. The molecule has 1 aromatic carbocycles. The van der Waals surface area contributed by atoms with E-state index in [4.69, 9.17) is 10.00 Å². The molecule has 108 valence electrons. The van der Waals surface area contributed by atoms with Gasteiger partial charge in [-0.2, -0.15) is 5.26 Å². The highest BCUT2D eigenvalue weighted by atomic mass is 16.5. The third-order valence-electron chi connectivity index (χ3n) is 3.99. The van der Waals surface area contributed by atoms with Gasteiger partial charge in [-0.15, -0.1) is 0 Å². The molecule has 1 aliphatic rings. The highest BCUT2D eigenvalue weighted by molar-refractivity contribution is 5.34. The average Bonchev–Trinajstić information content (AvgIpc) is 2.84. The van der Waals surface area contributed by atoms with Gasteiger partial charge in [-0.3, -0.25) is 0 Å². The summed E-state index contributed by atoms with van der Waals surface area (Å²) in [5.41, 5.74) is 3.32. The van der Waals surface area contributed by atoms with E-state index in [1.54, 1.807) is 12.1 Å². The van der Waals surface area contributed by atoms with Crippen LogP contribution in [0.25, 0.3) is 0 Å². The van der Waals surface area contributed by atoms with Crippen molar-refractivity contribution in [1.29, 1.82) is 5.26 Å². The van der Waals surface area contributed by atoms with Crippen LogP contribution in [0.1, 0.15) is 35.6 Å². The number of aryl methyl sites for hydroxylation is 2. The number of nitrogens with zero attached hydrogens (tertiary/aromatic N) is 3. The summed E-state index contributed by atoms with van der Waals surface area (Å²) in [4.78, 5) is 4.67. The zero-order chi connectivity index (χ0) is 14.7. The number of benzene rings is 1. The Morgan fingerprint density at radius 2 is 2.00 bits per heavy atom. The number of aromatic nitrogens is 2. The van der Waals surface area contributed by atoms with Crippen LogP contribution >= 0.6 is 0 Å². The Kier molecular flexibility index (Phi) is 3.92. The highest BCUT2D eigenvalue weighted by Gasteiger charge is 2.17. The molecule has 1 heterocycles. The number of nitriles is 1. The van der Waals surface area contributed by atoms with Gasteiger partial charge in [-0.05, 0) is 56.9 Å². The summed E-state index contributed by atoms with van der Waals surface area (Å²) >= 11 is 0. The number of ether oxygens (including phenoxy) is 1. The van der Waals surface area contributed by atoms with Gasteiger partial charge >= 0.3 is 0 Å². The van der Waals surface area contributed by atoms with Crippen molar-refractivity contribution >= 4 is 0 Å². The Morgan fingerprint density at radius 1 is 1.24 bits per heavy atom. The molecule has 0 radical (unpaired) electrons. The molecule has 21 heavy (non-hydrogen) atoms. The molecule has 2 aromatic rings. The van der Waals surface area contributed by atoms with E-state index >= 15 is 0 Å². The molecule has 0 saturated carbocycles. The van der Waals surface area contributed by atoms with Crippen LogP contribution in [0.4, 0.5) is 0 Å². The van der Waals surface area contributed by atoms with E-state index in [9.17, 15) is 0 Å². The molecule has 4 nitrogen and oxygen atoms in total. The fraction of sp³-hybridized carbons (Fsp3) is 0.412. The summed E-state index contributed by atoms with van der Waals surface area (Å²) in [7, 11) is 0. The Hall–Kier alpha value is -2.28. The Labute approximate surface area is 125 Å². The molecule has 0 saturated heterocycles. The van der Waals surface area contributed by atoms with E-state index in [1.165, 1.54) is 24.2 Å². The second-order valence-electron chi connectivity index (χ2n) is 5.40. The summed E-state index contributed by atoms with van der Waals surface area (Å²) in [6.45, 7) is 3.52. The predicted molar refractivity (Wildman–Crippen MR) is 80.3 cm³/mol. The molecular formula is C17H19N3O. The molecule has 0 amide bonds. The SMILES string of the molecule is Cc1nc2c(n1CCOc1ccc(C#N)cc1)CCCC2. The predicted octanol–water partition coefficient (Wildman–Crippen LogP) is 3.02. The molecule has 0 fully saturated rings. The number of fused-ring (bicyclic) bond motifs is 1. The zero-order valence-corrected chi connectivity index (χ0v) is 12.3. The van der Waals surface area contributed by atoms with Gasteiger partial charge in [0.2, 0.25) is 0 Å². The average molecular weight is 281 g/mol. The fourth-order valence-electron chi connectivity index (χ4n) is 2.91. The van der Waals surface area contributed by atoms with Crippen molar-refractivity contribution in [1.82, 2.24) is 9.55 Å². The molecule has 0 unspecified atom stereocenters. The first kappa shape index (κ1) is 13.7. The van der Waals surface area contributed by atoms with Gasteiger partial charge in [-0.1, -0.05) is 0 Å². The monoisotopic (exact) mass is 281 g/mol. The molecule has 0 bridgehead atoms. The summed E-state index contributed by atoms with van der Waals surface area (Å²) in [6, 6.07) is 9.35. The molecule has 0 aliphatic heterocycles. The minimum absolute atomic E-state index is 0.621. The van der Waals surface area contributed by atoms with Crippen LogP contribution < -0.4 is 4.74 Å². The Bertz CT molecular complexity index is 665. The molecule has 0 atom stereocenters. The van der Waals surface area contributed by atoms with Gasteiger partial charge in [0, 0.05) is 5.69 Å². The normalized spacial score (nSPS) is 13.5. The number of rotatable bonds is 4. The second kappa shape index (κ2) is 6.01. The van der Waals surface area contributed by atoms with Crippen molar-refractivity contribution in [3.05, 3.63) is 47.0 Å². The summed E-state index contributed by atoms with van der Waals surface area (Å²) < 4.78 is 8.06. The molecule has 1 aromatic heterocycles. The van der Waals surface area contributed by atoms with Crippen molar-refractivity contribution in [3.63, 3.8) is 0 Å². The lowest BCUT2D eigenvalue weighted by Crippen LogP contribution is -2.14. The third kappa shape index (κ3) is 2.92. The standard InChI is InChI=1S/C17H19N3O/c1-13-19-16-4-2-3-5-17(16)20(13)10-11-21-15-8-6-14(12-18)7-9-15/h6-9H,2-5,10-11H2,1H3. The molecule has 4 heteroatoms. The van der Waals surface area contributed by atoms with E-state index in [-0.39, 0.29) is 0 Å². The van der Waals surface area contributed by atoms with Gasteiger partial charge in [0.15, 0.2) is 0 Å². The van der Waals surface area contributed by atoms with E-state index in [0.29, 0.717) is 12.2 Å². The maximum absolute atomic E-state index is 8.77. The Morgan fingerprint density at radius 3 is 2.76 bits per heavy atom. The lowest BCUT2D eigenvalue weighted by molar-refractivity contribution is 0.294. The lowest BCUT2D eigenvalue weighted by atomic mass is 10.0. The largest absolute Gasteiger partial charge is 0.492 e. The fourth-order valence-corrected chi connectivity index (χ4v) is 2.91. The van der Waals surface area contributed by atoms with Crippen molar-refractivity contribution in [2.75, 3.05) is 6.61 Å². The van der Waals surface area contributed by atoms with Crippen LogP contribution in [0.2, 0.25) is 0 Å². The van der Waals surface area contributed by atoms with E-state index in [0.717, 1.165) is 31.0 Å². The van der Waals surface area contributed by atoms with Crippen LogP contribution in [0, 0.1) is 18.3 Å². The molecule has 0 spiro atoms. The maximum Gasteiger partial charge on any atom is 0.119 e. The van der Waals surface area contributed by atoms with Crippen molar-refractivity contribution in [3.8, 4) is 11.8 Å². The smallest absolute Gasteiger partial charge is 0.119 e. The van der Waals surface area contributed by atoms with Gasteiger partial charge < -0.3 is 9.30 Å². The topological polar surface area (TPSA) is 50.8 Å². The third-order valence-corrected chi connectivity index (χ3v) is 3.99. The van der Waals surface area contributed by atoms with Crippen molar-refractivity contribution in [2.45, 2.75) is 39.2 Å². The summed E-state index contributed by atoms with van der Waals surface area (Å²) in [5, 5.41) is 8.77. The van der Waals surface area contributed by atoms with Gasteiger partial charge in [0.1, 0.15) is 18.2 Å². The van der Waals surface area contributed by atoms with E-state index < -0.39 is 0 Å². The highest BCUT2D eigenvalue weighted by Crippen LogP contribution is 2.22. The minimum Gasteiger partial charge on any atom is -0.492 e. The van der Waals surface area contributed by atoms with Crippen LogP contribution in [-0.2, 0) is 19.4 Å². The molecule has 1 aliphatic carbocycles. The van der Waals surface area contributed by atoms with E-state index in [2.05, 4.69) is 22.5 Å². The van der Waals surface area contributed by atoms with Crippen molar-refractivity contribution in [2.24, 2.45) is 0 Å². The molecular weight excluding hydrogens is 262 g/mol. The van der Waals surface area contributed by atoms with Crippen LogP contribution in [0.3, 0.4) is 0 Å². The van der Waals surface area contributed by atoms with Crippen LogP contribution in [0.15, 0.2) is 24.3 Å². The lowest BCUT2D eigenvalue weighted by Gasteiger charge is -2.15. The van der Waals surface area contributed by atoms with Gasteiger partial charge in [0.25, 0.3) is 0 Å². The minimum atomic E-state index is 0.621. The quantitative estimate of drug-likeness (QED) is 0.865. The van der Waals surface area contributed by atoms with Gasteiger partial charge in [-0.25, -0.2) is 4.98 Å². The number of imidazole rings is 1. The van der Waals surface area contributed by atoms with Crippen LogP contribution in [-0.4, -0.2) is 16.2 Å². The summed E-state index contributed by atoms with van der Waals surface area (Å²) in [5.74, 6) is 1.89. The van der Waals surface area contributed by atoms with Crippen molar-refractivity contribution < 1.29 is 4.74 Å². The van der Waals surface area contributed by atoms with Gasteiger partial charge in [0.05, 0.1) is 23.9 Å². The van der Waals surface area contributed by atoms with E-state index in [1.807, 2.05) is 12.1 Å². The molecule has 0 N–H and O–H groups in total. The number of hydrogen-bond donors (Lipinski definition) is 0. The first-order valence-corrected chi connectivity index (χ1v) is 7.46.